The maximum absolute atomic E-state index is 12.9. The van der Waals surface area contributed by atoms with Gasteiger partial charge in [-0.15, -0.1) is 0 Å². The SMILES string of the molecule is Cc1cc(F)ccc1NC(=O)CN1CCCC1=O. The Bertz CT molecular complexity index is 488. The van der Waals surface area contributed by atoms with Crippen molar-refractivity contribution in [3.8, 4) is 0 Å². The predicted molar refractivity (Wildman–Crippen MR) is 65.6 cm³/mol. The monoisotopic (exact) mass is 250 g/mol. The van der Waals surface area contributed by atoms with E-state index in [0.717, 1.165) is 6.42 Å². The van der Waals surface area contributed by atoms with Gasteiger partial charge in [-0.3, -0.25) is 9.59 Å². The predicted octanol–water partition coefficient (Wildman–Crippen LogP) is 1.70. The van der Waals surface area contributed by atoms with Crippen molar-refractivity contribution in [2.24, 2.45) is 0 Å². The van der Waals surface area contributed by atoms with Crippen LogP contribution in [0.4, 0.5) is 10.1 Å². The first kappa shape index (κ1) is 12.5. The summed E-state index contributed by atoms with van der Waals surface area (Å²) >= 11 is 0. The lowest BCUT2D eigenvalue weighted by Crippen LogP contribution is -2.34. The van der Waals surface area contributed by atoms with Crippen molar-refractivity contribution < 1.29 is 14.0 Å². The van der Waals surface area contributed by atoms with Gasteiger partial charge in [-0.1, -0.05) is 0 Å². The van der Waals surface area contributed by atoms with Gasteiger partial charge in [0.25, 0.3) is 0 Å². The number of amides is 2. The van der Waals surface area contributed by atoms with Crippen LogP contribution in [-0.4, -0.2) is 29.8 Å². The summed E-state index contributed by atoms with van der Waals surface area (Å²) in [5.41, 5.74) is 1.24. The van der Waals surface area contributed by atoms with Crippen molar-refractivity contribution in [3.05, 3.63) is 29.6 Å². The van der Waals surface area contributed by atoms with Crippen molar-refractivity contribution in [1.29, 1.82) is 0 Å². The Morgan fingerprint density at radius 3 is 2.89 bits per heavy atom. The second-order valence-electron chi connectivity index (χ2n) is 4.43. The summed E-state index contributed by atoms with van der Waals surface area (Å²) in [6.45, 7) is 2.42. The number of nitrogens with zero attached hydrogens (tertiary/aromatic N) is 1. The van der Waals surface area contributed by atoms with Crippen LogP contribution in [0.2, 0.25) is 0 Å². The van der Waals surface area contributed by atoms with Gasteiger partial charge in [0.05, 0.1) is 6.54 Å². The lowest BCUT2D eigenvalue weighted by atomic mass is 10.2. The van der Waals surface area contributed by atoms with E-state index in [9.17, 15) is 14.0 Å². The summed E-state index contributed by atoms with van der Waals surface area (Å²) < 4.78 is 12.9. The molecule has 2 amide bonds. The molecule has 96 valence electrons. The highest BCUT2D eigenvalue weighted by atomic mass is 19.1. The van der Waals surface area contributed by atoms with Crippen LogP contribution in [0.1, 0.15) is 18.4 Å². The van der Waals surface area contributed by atoms with Crippen LogP contribution >= 0.6 is 0 Å². The highest BCUT2D eigenvalue weighted by Gasteiger charge is 2.22. The Hall–Kier alpha value is -1.91. The average molecular weight is 250 g/mol. The van der Waals surface area contributed by atoms with Gasteiger partial charge in [0, 0.05) is 18.7 Å². The van der Waals surface area contributed by atoms with E-state index in [-0.39, 0.29) is 24.2 Å². The van der Waals surface area contributed by atoms with Gasteiger partial charge in [-0.2, -0.15) is 0 Å². The van der Waals surface area contributed by atoms with Crippen LogP contribution < -0.4 is 5.32 Å². The molecule has 18 heavy (non-hydrogen) atoms. The Kier molecular flexibility index (Phi) is 3.60. The van der Waals surface area contributed by atoms with Crippen LogP contribution in [0.25, 0.3) is 0 Å². The Morgan fingerprint density at radius 1 is 1.50 bits per heavy atom. The van der Waals surface area contributed by atoms with E-state index < -0.39 is 0 Å². The summed E-state index contributed by atoms with van der Waals surface area (Å²) in [5, 5.41) is 2.69. The first-order valence-corrected chi connectivity index (χ1v) is 5.90. The van der Waals surface area contributed by atoms with Crippen LogP contribution in [0.5, 0.6) is 0 Å². The standard InChI is InChI=1S/C13H15FN2O2/c1-9-7-10(14)4-5-11(9)15-12(17)8-16-6-2-3-13(16)18/h4-5,7H,2-3,6,8H2,1H3,(H,15,17). The van der Waals surface area contributed by atoms with Crippen LogP contribution in [0.15, 0.2) is 18.2 Å². The van der Waals surface area contributed by atoms with Crippen molar-refractivity contribution in [1.82, 2.24) is 4.90 Å². The molecule has 4 nitrogen and oxygen atoms in total. The van der Waals surface area contributed by atoms with Gasteiger partial charge in [0.1, 0.15) is 5.82 Å². The zero-order valence-electron chi connectivity index (χ0n) is 10.2. The normalized spacial score (nSPS) is 15.0. The van der Waals surface area contributed by atoms with E-state index in [1.807, 2.05) is 0 Å². The fraction of sp³-hybridized carbons (Fsp3) is 0.385. The smallest absolute Gasteiger partial charge is 0.244 e. The number of hydrogen-bond acceptors (Lipinski definition) is 2. The van der Waals surface area contributed by atoms with Crippen molar-refractivity contribution >= 4 is 17.5 Å². The van der Waals surface area contributed by atoms with E-state index in [2.05, 4.69) is 5.32 Å². The molecule has 0 aliphatic carbocycles. The minimum absolute atomic E-state index is 0.0148. The molecule has 0 spiro atoms. The van der Waals surface area contributed by atoms with E-state index >= 15 is 0 Å². The minimum Gasteiger partial charge on any atom is -0.333 e. The maximum Gasteiger partial charge on any atom is 0.244 e. The molecule has 1 fully saturated rings. The third-order valence-corrected chi connectivity index (χ3v) is 2.97. The molecular weight excluding hydrogens is 235 g/mol. The van der Waals surface area contributed by atoms with Crippen LogP contribution in [-0.2, 0) is 9.59 Å². The number of carbonyl (C=O) groups is 2. The highest BCUT2D eigenvalue weighted by molar-refractivity contribution is 5.95. The van der Waals surface area contributed by atoms with Gasteiger partial charge in [-0.05, 0) is 37.1 Å². The number of aryl methyl sites for hydroxylation is 1. The van der Waals surface area contributed by atoms with E-state index in [0.29, 0.717) is 24.2 Å². The molecule has 1 saturated heterocycles. The Morgan fingerprint density at radius 2 is 2.28 bits per heavy atom. The van der Waals surface area contributed by atoms with Crippen LogP contribution in [0.3, 0.4) is 0 Å². The molecule has 1 N–H and O–H groups in total. The number of hydrogen-bond donors (Lipinski definition) is 1. The topological polar surface area (TPSA) is 49.4 Å². The lowest BCUT2D eigenvalue weighted by Gasteiger charge is -2.15. The molecule has 1 aromatic rings. The van der Waals surface area contributed by atoms with Gasteiger partial charge in [0.15, 0.2) is 0 Å². The number of likely N-dealkylation sites (tertiary alicyclic amines) is 1. The molecule has 1 heterocycles. The second-order valence-corrected chi connectivity index (χ2v) is 4.43. The third-order valence-electron chi connectivity index (χ3n) is 2.97. The number of nitrogens with one attached hydrogen (secondary N) is 1. The van der Waals surface area contributed by atoms with E-state index in [1.165, 1.54) is 23.1 Å². The molecule has 0 saturated carbocycles. The third kappa shape index (κ3) is 2.85. The molecule has 0 atom stereocenters. The molecule has 0 aromatic heterocycles. The quantitative estimate of drug-likeness (QED) is 0.887. The zero-order valence-corrected chi connectivity index (χ0v) is 10.2. The molecule has 1 aliphatic heterocycles. The summed E-state index contributed by atoms with van der Waals surface area (Å²) in [6, 6.07) is 4.18. The van der Waals surface area contributed by atoms with Crippen LogP contribution in [0, 0.1) is 12.7 Å². The molecule has 1 aromatic carbocycles. The minimum atomic E-state index is -0.333. The van der Waals surface area contributed by atoms with Crippen molar-refractivity contribution in [3.63, 3.8) is 0 Å². The number of carbonyl (C=O) groups excluding carboxylic acids is 2. The summed E-state index contributed by atoms with van der Waals surface area (Å²) in [6.07, 6.45) is 1.32. The first-order chi connectivity index (χ1) is 8.56. The number of halogens is 1. The van der Waals surface area contributed by atoms with Gasteiger partial charge in [0.2, 0.25) is 11.8 Å². The van der Waals surface area contributed by atoms with E-state index in [1.54, 1.807) is 6.92 Å². The Labute approximate surface area is 105 Å². The van der Waals surface area contributed by atoms with Gasteiger partial charge < -0.3 is 10.2 Å². The molecule has 0 radical (unpaired) electrons. The second kappa shape index (κ2) is 5.16. The molecule has 0 unspecified atom stereocenters. The molecular formula is C13H15FN2O2. The number of benzene rings is 1. The maximum atomic E-state index is 12.9. The van der Waals surface area contributed by atoms with Crippen molar-refractivity contribution in [2.45, 2.75) is 19.8 Å². The molecule has 1 aliphatic rings. The lowest BCUT2D eigenvalue weighted by molar-refractivity contribution is -0.131. The fourth-order valence-corrected chi connectivity index (χ4v) is 2.00. The van der Waals surface area contributed by atoms with Crippen molar-refractivity contribution in [2.75, 3.05) is 18.4 Å². The molecule has 5 heteroatoms. The number of anilines is 1. The average Bonchev–Trinajstić information content (AvgIpc) is 2.69. The summed E-state index contributed by atoms with van der Waals surface area (Å²) in [4.78, 5) is 24.7. The van der Waals surface area contributed by atoms with Gasteiger partial charge >= 0.3 is 0 Å². The molecule has 0 bridgehead atoms. The summed E-state index contributed by atoms with van der Waals surface area (Å²) in [5.74, 6) is -0.568. The fourth-order valence-electron chi connectivity index (χ4n) is 2.00. The molecule has 2 rings (SSSR count). The zero-order chi connectivity index (χ0) is 13.1. The highest BCUT2D eigenvalue weighted by Crippen LogP contribution is 2.16. The largest absolute Gasteiger partial charge is 0.333 e. The first-order valence-electron chi connectivity index (χ1n) is 5.90. The van der Waals surface area contributed by atoms with E-state index in [4.69, 9.17) is 0 Å². The van der Waals surface area contributed by atoms with Gasteiger partial charge in [-0.25, -0.2) is 4.39 Å². The Balaban J connectivity index is 1.96. The number of rotatable bonds is 3. The summed E-state index contributed by atoms with van der Waals surface area (Å²) in [7, 11) is 0.